The quantitative estimate of drug-likeness (QED) is 0.562. The van der Waals surface area contributed by atoms with Gasteiger partial charge in [0.2, 0.25) is 0 Å². The van der Waals surface area contributed by atoms with Crippen LogP contribution in [0.4, 0.5) is 10.1 Å². The standard InChI is InChI=1S/C8H8FNO/c1-10-8-3-2-7(9)4-6(8)5-11-10/h2-4H,5H2,1H3. The summed E-state index contributed by atoms with van der Waals surface area (Å²) in [6, 6.07) is 4.65. The molecule has 1 heterocycles. The van der Waals surface area contributed by atoms with E-state index in [1.165, 1.54) is 12.1 Å². The lowest BCUT2D eigenvalue weighted by Crippen LogP contribution is -2.09. The summed E-state index contributed by atoms with van der Waals surface area (Å²) in [7, 11) is 1.81. The molecule has 0 aliphatic carbocycles. The molecular formula is C8H8FNO. The zero-order valence-electron chi connectivity index (χ0n) is 6.17. The summed E-state index contributed by atoms with van der Waals surface area (Å²) in [5.74, 6) is -0.206. The number of rotatable bonds is 0. The van der Waals surface area contributed by atoms with Crippen LogP contribution in [0.15, 0.2) is 18.2 Å². The van der Waals surface area contributed by atoms with Crippen molar-refractivity contribution in [3.05, 3.63) is 29.6 Å². The molecule has 0 bridgehead atoms. The maximum atomic E-state index is 12.6. The van der Waals surface area contributed by atoms with Crippen LogP contribution in [0.5, 0.6) is 0 Å². The number of hydroxylamine groups is 1. The Labute approximate surface area is 64.1 Å². The van der Waals surface area contributed by atoms with E-state index in [0.717, 1.165) is 11.3 Å². The Hall–Kier alpha value is -1.09. The molecular weight excluding hydrogens is 145 g/mol. The minimum absolute atomic E-state index is 0.206. The summed E-state index contributed by atoms with van der Waals surface area (Å²) in [6.45, 7) is 0.476. The molecule has 2 nitrogen and oxygen atoms in total. The summed E-state index contributed by atoms with van der Waals surface area (Å²) < 4.78 is 12.6. The zero-order chi connectivity index (χ0) is 7.84. The van der Waals surface area contributed by atoms with Gasteiger partial charge in [0.05, 0.1) is 5.69 Å². The minimum atomic E-state index is -0.206. The van der Waals surface area contributed by atoms with E-state index < -0.39 is 0 Å². The first kappa shape index (κ1) is 6.61. The number of benzene rings is 1. The van der Waals surface area contributed by atoms with Crippen molar-refractivity contribution in [1.29, 1.82) is 0 Å². The second-order valence-electron chi connectivity index (χ2n) is 2.54. The van der Waals surface area contributed by atoms with E-state index in [0.29, 0.717) is 6.61 Å². The Morgan fingerprint density at radius 3 is 3.18 bits per heavy atom. The SMILES string of the molecule is CN1OCc2cc(F)ccc21. The van der Waals surface area contributed by atoms with E-state index in [1.807, 2.05) is 7.05 Å². The van der Waals surface area contributed by atoms with Gasteiger partial charge in [0.15, 0.2) is 0 Å². The van der Waals surface area contributed by atoms with E-state index in [-0.39, 0.29) is 5.82 Å². The van der Waals surface area contributed by atoms with Gasteiger partial charge in [-0.3, -0.25) is 9.90 Å². The first-order chi connectivity index (χ1) is 5.27. The van der Waals surface area contributed by atoms with Crippen LogP contribution in [0.2, 0.25) is 0 Å². The Kier molecular flexibility index (Phi) is 1.32. The second kappa shape index (κ2) is 2.20. The van der Waals surface area contributed by atoms with Gasteiger partial charge < -0.3 is 0 Å². The van der Waals surface area contributed by atoms with E-state index in [4.69, 9.17) is 4.84 Å². The van der Waals surface area contributed by atoms with Gasteiger partial charge in [-0.05, 0) is 18.2 Å². The molecule has 0 radical (unpaired) electrons. The normalized spacial score (nSPS) is 15.3. The zero-order valence-corrected chi connectivity index (χ0v) is 6.17. The molecule has 1 aliphatic heterocycles. The molecule has 0 saturated carbocycles. The van der Waals surface area contributed by atoms with Crippen molar-refractivity contribution in [3.63, 3.8) is 0 Å². The Morgan fingerprint density at radius 2 is 2.36 bits per heavy atom. The first-order valence-electron chi connectivity index (χ1n) is 3.42. The summed E-state index contributed by atoms with van der Waals surface area (Å²) in [6.07, 6.45) is 0. The van der Waals surface area contributed by atoms with Crippen LogP contribution in [-0.4, -0.2) is 7.05 Å². The highest BCUT2D eigenvalue weighted by molar-refractivity contribution is 5.53. The first-order valence-corrected chi connectivity index (χ1v) is 3.42. The molecule has 0 atom stereocenters. The van der Waals surface area contributed by atoms with Crippen LogP contribution >= 0.6 is 0 Å². The Balaban J connectivity index is 2.50. The van der Waals surface area contributed by atoms with Gasteiger partial charge in [-0.25, -0.2) is 4.39 Å². The predicted octanol–water partition coefficient (Wildman–Crippen LogP) is 1.71. The van der Waals surface area contributed by atoms with Crippen molar-refractivity contribution in [2.24, 2.45) is 0 Å². The van der Waals surface area contributed by atoms with Crippen LogP contribution < -0.4 is 5.06 Å². The molecule has 0 saturated heterocycles. The molecule has 0 spiro atoms. The van der Waals surface area contributed by atoms with E-state index in [9.17, 15) is 4.39 Å². The van der Waals surface area contributed by atoms with Gasteiger partial charge in [0, 0.05) is 12.6 Å². The second-order valence-corrected chi connectivity index (χ2v) is 2.54. The smallest absolute Gasteiger partial charge is 0.123 e. The van der Waals surface area contributed by atoms with Crippen molar-refractivity contribution in [1.82, 2.24) is 0 Å². The lowest BCUT2D eigenvalue weighted by molar-refractivity contribution is 0.131. The molecule has 3 heteroatoms. The number of fused-ring (bicyclic) bond motifs is 1. The van der Waals surface area contributed by atoms with Crippen LogP contribution in [-0.2, 0) is 11.4 Å². The third-order valence-electron chi connectivity index (χ3n) is 1.79. The molecule has 11 heavy (non-hydrogen) atoms. The van der Waals surface area contributed by atoms with Gasteiger partial charge in [-0.1, -0.05) is 0 Å². The molecule has 58 valence electrons. The predicted molar refractivity (Wildman–Crippen MR) is 39.6 cm³/mol. The van der Waals surface area contributed by atoms with E-state index in [1.54, 1.807) is 11.1 Å². The average molecular weight is 153 g/mol. The van der Waals surface area contributed by atoms with Crippen molar-refractivity contribution in [3.8, 4) is 0 Å². The molecule has 0 fully saturated rings. The van der Waals surface area contributed by atoms with Gasteiger partial charge in [0.1, 0.15) is 12.4 Å². The van der Waals surface area contributed by atoms with Crippen molar-refractivity contribution >= 4 is 5.69 Å². The highest BCUT2D eigenvalue weighted by Crippen LogP contribution is 2.27. The number of nitrogens with zero attached hydrogens (tertiary/aromatic N) is 1. The van der Waals surface area contributed by atoms with Crippen LogP contribution in [0.1, 0.15) is 5.56 Å². The molecule has 1 aromatic rings. The van der Waals surface area contributed by atoms with Gasteiger partial charge in [-0.2, -0.15) is 0 Å². The van der Waals surface area contributed by atoms with Gasteiger partial charge >= 0.3 is 0 Å². The summed E-state index contributed by atoms with van der Waals surface area (Å²) in [5, 5.41) is 1.65. The van der Waals surface area contributed by atoms with Crippen LogP contribution in [0.3, 0.4) is 0 Å². The van der Waals surface area contributed by atoms with E-state index >= 15 is 0 Å². The molecule has 0 amide bonds. The van der Waals surface area contributed by atoms with Crippen molar-refractivity contribution in [2.75, 3.05) is 12.1 Å². The highest BCUT2D eigenvalue weighted by Gasteiger charge is 2.16. The summed E-state index contributed by atoms with van der Waals surface area (Å²) in [4.78, 5) is 5.14. The monoisotopic (exact) mass is 153 g/mol. The molecule has 0 N–H and O–H groups in total. The fraction of sp³-hybridized carbons (Fsp3) is 0.250. The van der Waals surface area contributed by atoms with Gasteiger partial charge in [-0.15, -0.1) is 0 Å². The maximum Gasteiger partial charge on any atom is 0.123 e. The Morgan fingerprint density at radius 1 is 1.55 bits per heavy atom. The van der Waals surface area contributed by atoms with Crippen molar-refractivity contribution in [2.45, 2.75) is 6.61 Å². The number of hydrogen-bond donors (Lipinski definition) is 0. The average Bonchev–Trinajstić information content (AvgIpc) is 2.32. The van der Waals surface area contributed by atoms with Crippen LogP contribution in [0.25, 0.3) is 0 Å². The van der Waals surface area contributed by atoms with Crippen LogP contribution in [0, 0.1) is 5.82 Å². The molecule has 0 unspecified atom stereocenters. The van der Waals surface area contributed by atoms with Crippen molar-refractivity contribution < 1.29 is 9.23 Å². The fourth-order valence-electron chi connectivity index (χ4n) is 1.21. The topological polar surface area (TPSA) is 12.5 Å². The minimum Gasteiger partial charge on any atom is -0.269 e. The fourth-order valence-corrected chi connectivity index (χ4v) is 1.21. The van der Waals surface area contributed by atoms with Gasteiger partial charge in [0.25, 0.3) is 0 Å². The lowest BCUT2D eigenvalue weighted by atomic mass is 10.2. The number of hydrogen-bond acceptors (Lipinski definition) is 2. The molecule has 1 aromatic carbocycles. The van der Waals surface area contributed by atoms with E-state index in [2.05, 4.69) is 0 Å². The molecule has 0 aromatic heterocycles. The summed E-state index contributed by atoms with van der Waals surface area (Å²) in [5.41, 5.74) is 1.86. The number of anilines is 1. The Bertz CT molecular complexity index is 287. The highest BCUT2D eigenvalue weighted by atomic mass is 19.1. The lowest BCUT2D eigenvalue weighted by Gasteiger charge is -2.08. The third-order valence-corrected chi connectivity index (χ3v) is 1.79. The largest absolute Gasteiger partial charge is 0.269 e. The molecule has 2 rings (SSSR count). The maximum absolute atomic E-state index is 12.6. The third kappa shape index (κ3) is 0.973. The number of halogens is 1. The summed E-state index contributed by atoms with van der Waals surface area (Å²) >= 11 is 0. The molecule has 1 aliphatic rings.